The number of hydrogen-bond donors (Lipinski definition) is 1. The molecule has 2 aromatic carbocycles. The lowest BCUT2D eigenvalue weighted by Gasteiger charge is -2.18. The number of para-hydroxylation sites is 1. The zero-order valence-corrected chi connectivity index (χ0v) is 15.0. The van der Waals surface area contributed by atoms with Crippen LogP contribution in [0.25, 0.3) is 0 Å². The zero-order valence-electron chi connectivity index (χ0n) is 11.3. The fourth-order valence-corrected chi connectivity index (χ4v) is 3.05. The summed E-state index contributed by atoms with van der Waals surface area (Å²) in [5, 5.41) is 0. The van der Waals surface area contributed by atoms with E-state index in [9.17, 15) is 0 Å². The van der Waals surface area contributed by atoms with Crippen molar-refractivity contribution < 1.29 is 4.74 Å². The first kappa shape index (κ1) is 15.8. The first-order valence-electron chi connectivity index (χ1n) is 6.55. The average molecular weight is 446 g/mol. The Morgan fingerprint density at radius 2 is 1.95 bits per heavy atom. The highest BCUT2D eigenvalue weighted by molar-refractivity contribution is 14.1. The van der Waals surface area contributed by atoms with Crippen molar-refractivity contribution in [3.63, 3.8) is 0 Å². The molecule has 2 aromatic rings. The minimum atomic E-state index is -0.188. The Morgan fingerprint density at radius 3 is 2.70 bits per heavy atom. The minimum Gasteiger partial charge on any atom is -0.493 e. The Hall–Kier alpha value is -0.590. The fraction of sp³-hybridized carbons (Fsp3) is 0.250. The van der Waals surface area contributed by atoms with Gasteiger partial charge in [-0.15, -0.1) is 0 Å². The number of benzene rings is 2. The van der Waals surface area contributed by atoms with Crippen molar-refractivity contribution in [3.05, 3.63) is 61.6 Å². The van der Waals surface area contributed by atoms with Crippen LogP contribution >= 0.6 is 38.5 Å². The van der Waals surface area contributed by atoms with Gasteiger partial charge in [0.1, 0.15) is 5.75 Å². The Labute approximate surface area is 142 Å². The predicted octanol–water partition coefficient (Wildman–Crippen LogP) is 4.89. The third-order valence-electron chi connectivity index (χ3n) is 3.01. The molecule has 0 radical (unpaired) electrons. The highest BCUT2D eigenvalue weighted by Gasteiger charge is 2.16. The van der Waals surface area contributed by atoms with Gasteiger partial charge in [0.15, 0.2) is 0 Å². The Morgan fingerprint density at radius 1 is 1.20 bits per heavy atom. The van der Waals surface area contributed by atoms with Gasteiger partial charge in [0.25, 0.3) is 0 Å². The average Bonchev–Trinajstić information content (AvgIpc) is 2.47. The first-order valence-corrected chi connectivity index (χ1v) is 8.43. The maximum atomic E-state index is 6.45. The third-order valence-corrected chi connectivity index (χ3v) is 4.48. The smallest absolute Gasteiger partial charge is 0.124 e. The molecule has 0 aliphatic carbocycles. The molecule has 0 saturated heterocycles. The van der Waals surface area contributed by atoms with Crippen molar-refractivity contribution >= 4 is 38.5 Å². The molecular weight excluding hydrogens is 429 g/mol. The summed E-state index contributed by atoms with van der Waals surface area (Å²) in [6.45, 7) is 2.80. The van der Waals surface area contributed by atoms with Gasteiger partial charge in [-0.1, -0.05) is 41.1 Å². The summed E-state index contributed by atoms with van der Waals surface area (Å²) in [4.78, 5) is 0. The normalized spacial score (nSPS) is 12.2. The summed E-state index contributed by atoms with van der Waals surface area (Å²) in [7, 11) is 0. The number of halogens is 2. The lowest BCUT2D eigenvalue weighted by atomic mass is 9.99. The molecule has 0 bridgehead atoms. The molecule has 106 valence electrons. The Kier molecular flexibility index (Phi) is 5.86. The molecule has 0 amide bonds. The van der Waals surface area contributed by atoms with Gasteiger partial charge in [-0.2, -0.15) is 0 Å². The highest BCUT2D eigenvalue weighted by atomic mass is 127. The molecule has 2 rings (SSSR count). The summed E-state index contributed by atoms with van der Waals surface area (Å²) in [5.41, 5.74) is 8.58. The van der Waals surface area contributed by atoms with Gasteiger partial charge in [0.2, 0.25) is 0 Å². The quantitative estimate of drug-likeness (QED) is 0.665. The van der Waals surface area contributed by atoms with Crippen LogP contribution in [-0.2, 0) is 0 Å². The van der Waals surface area contributed by atoms with E-state index in [1.807, 2.05) is 30.3 Å². The van der Waals surface area contributed by atoms with Crippen LogP contribution in [0.1, 0.15) is 30.5 Å². The van der Waals surface area contributed by atoms with E-state index >= 15 is 0 Å². The van der Waals surface area contributed by atoms with Crippen molar-refractivity contribution in [2.45, 2.75) is 19.4 Å². The molecule has 0 heterocycles. The Bertz CT molecular complexity index is 588. The maximum Gasteiger partial charge on any atom is 0.124 e. The molecule has 0 aliphatic rings. The van der Waals surface area contributed by atoms with Crippen LogP contribution in [0.2, 0.25) is 0 Å². The SMILES string of the molecule is CCCOc1ccccc1C(N)c1cc(Br)ccc1I. The topological polar surface area (TPSA) is 35.2 Å². The molecule has 2 N–H and O–H groups in total. The maximum absolute atomic E-state index is 6.45. The van der Waals surface area contributed by atoms with E-state index in [1.54, 1.807) is 0 Å². The molecule has 0 aliphatic heterocycles. The summed E-state index contributed by atoms with van der Waals surface area (Å²) < 4.78 is 8.00. The number of ether oxygens (including phenoxy) is 1. The lowest BCUT2D eigenvalue weighted by molar-refractivity contribution is 0.313. The molecule has 0 spiro atoms. The molecule has 0 aromatic heterocycles. The van der Waals surface area contributed by atoms with Crippen LogP contribution < -0.4 is 10.5 Å². The van der Waals surface area contributed by atoms with Gasteiger partial charge in [-0.25, -0.2) is 0 Å². The van der Waals surface area contributed by atoms with Crippen LogP contribution in [0.4, 0.5) is 0 Å². The van der Waals surface area contributed by atoms with Gasteiger partial charge in [0.05, 0.1) is 12.6 Å². The molecule has 2 nitrogen and oxygen atoms in total. The monoisotopic (exact) mass is 445 g/mol. The van der Waals surface area contributed by atoms with E-state index < -0.39 is 0 Å². The van der Waals surface area contributed by atoms with E-state index in [4.69, 9.17) is 10.5 Å². The predicted molar refractivity (Wildman–Crippen MR) is 95.1 cm³/mol. The molecule has 0 saturated carbocycles. The molecule has 4 heteroatoms. The molecule has 0 fully saturated rings. The van der Waals surface area contributed by atoms with E-state index in [0.29, 0.717) is 6.61 Å². The van der Waals surface area contributed by atoms with Gasteiger partial charge in [-0.05, 0) is 58.8 Å². The van der Waals surface area contributed by atoms with Crippen LogP contribution in [-0.4, -0.2) is 6.61 Å². The summed E-state index contributed by atoms with van der Waals surface area (Å²) in [6.07, 6.45) is 0.984. The van der Waals surface area contributed by atoms with Crippen LogP contribution in [0.5, 0.6) is 5.75 Å². The molecular formula is C16H17BrINO. The third kappa shape index (κ3) is 3.74. The molecule has 1 unspecified atom stereocenters. The van der Waals surface area contributed by atoms with E-state index in [1.165, 1.54) is 0 Å². The van der Waals surface area contributed by atoms with E-state index in [2.05, 4.69) is 57.6 Å². The molecule has 20 heavy (non-hydrogen) atoms. The minimum absolute atomic E-state index is 0.188. The summed E-state index contributed by atoms with van der Waals surface area (Å²) in [5.74, 6) is 0.873. The molecule has 1 atom stereocenters. The van der Waals surface area contributed by atoms with Crippen molar-refractivity contribution in [2.75, 3.05) is 6.61 Å². The van der Waals surface area contributed by atoms with Gasteiger partial charge < -0.3 is 10.5 Å². The van der Waals surface area contributed by atoms with Crippen LogP contribution in [0, 0.1) is 3.57 Å². The first-order chi connectivity index (χ1) is 9.63. The van der Waals surface area contributed by atoms with E-state index in [0.717, 1.165) is 31.3 Å². The van der Waals surface area contributed by atoms with Gasteiger partial charge in [0, 0.05) is 13.6 Å². The second-order valence-corrected chi connectivity index (χ2v) is 6.61. The second-order valence-electron chi connectivity index (χ2n) is 4.53. The lowest BCUT2D eigenvalue weighted by Crippen LogP contribution is -2.15. The van der Waals surface area contributed by atoms with Crippen LogP contribution in [0.3, 0.4) is 0 Å². The summed E-state index contributed by atoms with van der Waals surface area (Å²) >= 11 is 5.83. The highest BCUT2D eigenvalue weighted by Crippen LogP contribution is 2.32. The van der Waals surface area contributed by atoms with Crippen molar-refractivity contribution in [2.24, 2.45) is 5.73 Å². The van der Waals surface area contributed by atoms with E-state index in [-0.39, 0.29) is 6.04 Å². The van der Waals surface area contributed by atoms with Crippen LogP contribution in [0.15, 0.2) is 46.9 Å². The number of nitrogens with two attached hydrogens (primary N) is 1. The summed E-state index contributed by atoms with van der Waals surface area (Å²) in [6, 6.07) is 14.0. The van der Waals surface area contributed by atoms with Gasteiger partial charge >= 0.3 is 0 Å². The Balaban J connectivity index is 2.37. The number of rotatable bonds is 5. The zero-order chi connectivity index (χ0) is 14.5. The number of hydrogen-bond acceptors (Lipinski definition) is 2. The van der Waals surface area contributed by atoms with Crippen molar-refractivity contribution in [1.29, 1.82) is 0 Å². The van der Waals surface area contributed by atoms with Crippen molar-refractivity contribution in [1.82, 2.24) is 0 Å². The fourth-order valence-electron chi connectivity index (χ4n) is 2.00. The largest absolute Gasteiger partial charge is 0.493 e. The van der Waals surface area contributed by atoms with Crippen molar-refractivity contribution in [3.8, 4) is 5.75 Å². The van der Waals surface area contributed by atoms with Gasteiger partial charge in [-0.3, -0.25) is 0 Å². The second kappa shape index (κ2) is 7.43. The standard InChI is InChI=1S/C16H17BrINO/c1-2-9-20-15-6-4-3-5-12(15)16(19)13-10-11(17)7-8-14(13)18/h3-8,10,16H,2,9,19H2,1H3.